The van der Waals surface area contributed by atoms with Gasteiger partial charge in [-0.2, -0.15) is 4.31 Å². The number of halogens is 2. The van der Waals surface area contributed by atoms with Gasteiger partial charge in [0.25, 0.3) is 10.0 Å². The maximum atomic E-state index is 12.2. The Balaban J connectivity index is 2.20. The molecule has 1 aliphatic heterocycles. The van der Waals surface area contributed by atoms with E-state index in [0.717, 1.165) is 16.6 Å². The lowest BCUT2D eigenvalue weighted by atomic mass is 10.2. The average molecular weight is 389 g/mol. The van der Waals surface area contributed by atoms with Crippen molar-refractivity contribution in [3.05, 3.63) is 15.9 Å². The van der Waals surface area contributed by atoms with E-state index >= 15 is 0 Å². The number of hydrogen-bond acceptors (Lipinski definition) is 3. The molecule has 1 fully saturated rings. The van der Waals surface area contributed by atoms with Crippen LogP contribution >= 0.6 is 43.2 Å². The average Bonchev–Trinajstić information content (AvgIpc) is 2.66. The smallest absolute Gasteiger partial charge is 0.206 e. The van der Waals surface area contributed by atoms with Gasteiger partial charge in [0.2, 0.25) is 0 Å². The zero-order chi connectivity index (χ0) is 11.8. The molecule has 0 atom stereocenters. The van der Waals surface area contributed by atoms with Crippen LogP contribution in [0.4, 0.5) is 0 Å². The van der Waals surface area contributed by atoms with E-state index in [9.17, 15) is 8.42 Å². The highest BCUT2D eigenvalue weighted by Crippen LogP contribution is 2.30. The molecular weight excluding hydrogens is 378 g/mol. The Labute approximate surface area is 116 Å². The van der Waals surface area contributed by atoms with Crippen LogP contribution in [0.15, 0.2) is 20.1 Å². The fraction of sp³-hybridized carbons (Fsp3) is 0.556. The van der Waals surface area contributed by atoms with E-state index in [-0.39, 0.29) is 0 Å². The van der Waals surface area contributed by atoms with Gasteiger partial charge in [0.1, 0.15) is 4.21 Å². The van der Waals surface area contributed by atoms with Crippen molar-refractivity contribution in [2.45, 2.75) is 21.9 Å². The van der Waals surface area contributed by atoms with Crippen LogP contribution in [0, 0.1) is 0 Å². The molecule has 2 rings (SSSR count). The topological polar surface area (TPSA) is 37.4 Å². The van der Waals surface area contributed by atoms with Crippen LogP contribution < -0.4 is 0 Å². The molecule has 1 aliphatic rings. The summed E-state index contributed by atoms with van der Waals surface area (Å²) < 4.78 is 27.3. The SMILES string of the molecule is O=S(=O)(c1ccc(Br)s1)N1CCC(Br)CC1. The maximum Gasteiger partial charge on any atom is 0.252 e. The summed E-state index contributed by atoms with van der Waals surface area (Å²) in [6.45, 7) is 1.21. The first-order chi connectivity index (χ1) is 7.50. The van der Waals surface area contributed by atoms with Crippen molar-refractivity contribution < 1.29 is 8.42 Å². The third-order valence-electron chi connectivity index (χ3n) is 2.53. The standard InChI is InChI=1S/C9H11Br2NO2S2/c10-7-3-5-12(6-4-7)16(13,14)9-2-1-8(11)15-9/h1-2,7H,3-6H2. The quantitative estimate of drug-likeness (QED) is 0.730. The molecule has 0 N–H and O–H groups in total. The van der Waals surface area contributed by atoms with E-state index in [2.05, 4.69) is 31.9 Å². The first kappa shape index (κ1) is 13.0. The van der Waals surface area contributed by atoms with Crippen LogP contribution in [0.3, 0.4) is 0 Å². The molecule has 90 valence electrons. The molecule has 0 aliphatic carbocycles. The van der Waals surface area contributed by atoms with Crippen LogP contribution in [0.5, 0.6) is 0 Å². The summed E-state index contributed by atoms with van der Waals surface area (Å²) in [5.41, 5.74) is 0. The molecule has 0 aromatic carbocycles. The second kappa shape index (κ2) is 5.06. The van der Waals surface area contributed by atoms with Crippen molar-refractivity contribution in [3.8, 4) is 0 Å². The van der Waals surface area contributed by atoms with Gasteiger partial charge in [-0.05, 0) is 40.9 Å². The minimum absolute atomic E-state index is 0.424. The summed E-state index contributed by atoms with van der Waals surface area (Å²) in [4.78, 5) is 0.453. The first-order valence-electron chi connectivity index (χ1n) is 4.90. The molecular formula is C9H11Br2NO2S2. The maximum absolute atomic E-state index is 12.2. The molecule has 2 heterocycles. The van der Waals surface area contributed by atoms with E-state index in [1.165, 1.54) is 11.3 Å². The largest absolute Gasteiger partial charge is 0.252 e. The van der Waals surface area contributed by atoms with Gasteiger partial charge in [-0.1, -0.05) is 15.9 Å². The van der Waals surface area contributed by atoms with Gasteiger partial charge >= 0.3 is 0 Å². The number of hydrogen-bond donors (Lipinski definition) is 0. The Kier molecular flexibility index (Phi) is 4.11. The van der Waals surface area contributed by atoms with E-state index < -0.39 is 10.0 Å². The molecule has 0 radical (unpaired) electrons. The number of rotatable bonds is 2. The van der Waals surface area contributed by atoms with Crippen molar-refractivity contribution in [1.82, 2.24) is 4.31 Å². The van der Waals surface area contributed by atoms with E-state index in [1.54, 1.807) is 16.4 Å². The lowest BCUT2D eigenvalue weighted by Crippen LogP contribution is -2.38. The third-order valence-corrected chi connectivity index (χ3v) is 7.43. The highest BCUT2D eigenvalue weighted by Gasteiger charge is 2.29. The normalized spacial score (nSPS) is 20.1. The van der Waals surface area contributed by atoms with E-state index in [4.69, 9.17) is 0 Å². The van der Waals surface area contributed by atoms with E-state index in [0.29, 0.717) is 22.1 Å². The summed E-state index contributed by atoms with van der Waals surface area (Å²) in [6.07, 6.45) is 1.76. The minimum Gasteiger partial charge on any atom is -0.206 e. The Morgan fingerprint density at radius 1 is 1.31 bits per heavy atom. The van der Waals surface area contributed by atoms with Crippen LogP contribution in [0.2, 0.25) is 0 Å². The van der Waals surface area contributed by atoms with Gasteiger partial charge in [0.15, 0.2) is 0 Å². The van der Waals surface area contributed by atoms with Crippen LogP contribution in [-0.2, 0) is 10.0 Å². The van der Waals surface area contributed by atoms with Gasteiger partial charge < -0.3 is 0 Å². The van der Waals surface area contributed by atoms with Gasteiger partial charge in [0.05, 0.1) is 3.79 Å². The third kappa shape index (κ3) is 2.69. The van der Waals surface area contributed by atoms with Gasteiger partial charge in [-0.3, -0.25) is 0 Å². The second-order valence-corrected chi connectivity index (χ2v) is 9.56. The molecule has 3 nitrogen and oxygen atoms in total. The molecule has 0 bridgehead atoms. The Morgan fingerprint density at radius 3 is 2.44 bits per heavy atom. The number of piperidine rings is 1. The predicted molar refractivity (Wildman–Crippen MR) is 72.7 cm³/mol. The first-order valence-corrected chi connectivity index (χ1v) is 8.86. The number of sulfonamides is 1. The Hall–Kier alpha value is 0.570. The highest BCUT2D eigenvalue weighted by molar-refractivity contribution is 9.11. The number of alkyl halides is 1. The van der Waals surface area contributed by atoms with E-state index in [1.807, 2.05) is 0 Å². The second-order valence-electron chi connectivity index (χ2n) is 3.64. The van der Waals surface area contributed by atoms with Crippen molar-refractivity contribution in [2.24, 2.45) is 0 Å². The molecule has 1 aromatic heterocycles. The lowest BCUT2D eigenvalue weighted by Gasteiger charge is -2.28. The van der Waals surface area contributed by atoms with Crippen LogP contribution in [-0.4, -0.2) is 30.6 Å². The Bertz CT molecular complexity index is 464. The summed E-state index contributed by atoms with van der Waals surface area (Å²) in [6, 6.07) is 3.43. The fourth-order valence-corrected chi connectivity index (χ4v) is 5.67. The molecule has 1 saturated heterocycles. The fourth-order valence-electron chi connectivity index (χ4n) is 1.63. The molecule has 1 aromatic rings. The van der Waals surface area contributed by atoms with Crippen LogP contribution in [0.1, 0.15) is 12.8 Å². The predicted octanol–water partition coefficient (Wildman–Crippen LogP) is 3.06. The summed E-state index contributed by atoms with van der Waals surface area (Å²) in [7, 11) is -3.26. The highest BCUT2D eigenvalue weighted by atomic mass is 79.9. The zero-order valence-electron chi connectivity index (χ0n) is 8.40. The molecule has 0 saturated carbocycles. The summed E-state index contributed by atoms with van der Waals surface area (Å²) in [5, 5.41) is 0. The van der Waals surface area contributed by atoms with Crippen LogP contribution in [0.25, 0.3) is 0 Å². The monoisotopic (exact) mass is 387 g/mol. The van der Waals surface area contributed by atoms with Gasteiger partial charge in [-0.25, -0.2) is 8.42 Å². The zero-order valence-corrected chi connectivity index (χ0v) is 13.2. The number of thiophene rings is 1. The summed E-state index contributed by atoms with van der Waals surface area (Å²) >= 11 is 8.07. The van der Waals surface area contributed by atoms with Gasteiger partial charge in [-0.15, -0.1) is 11.3 Å². The molecule has 16 heavy (non-hydrogen) atoms. The van der Waals surface area contributed by atoms with Crippen molar-refractivity contribution >= 4 is 53.2 Å². The molecule has 0 unspecified atom stereocenters. The Morgan fingerprint density at radius 2 is 1.94 bits per heavy atom. The molecule has 0 amide bonds. The molecule has 0 spiro atoms. The van der Waals surface area contributed by atoms with Crippen molar-refractivity contribution in [3.63, 3.8) is 0 Å². The van der Waals surface area contributed by atoms with Crippen molar-refractivity contribution in [2.75, 3.05) is 13.1 Å². The number of nitrogens with zero attached hydrogens (tertiary/aromatic N) is 1. The molecule has 7 heteroatoms. The summed E-state index contributed by atoms with van der Waals surface area (Å²) in [5.74, 6) is 0. The van der Waals surface area contributed by atoms with Crippen molar-refractivity contribution in [1.29, 1.82) is 0 Å². The lowest BCUT2D eigenvalue weighted by molar-refractivity contribution is 0.355. The van der Waals surface area contributed by atoms with Gasteiger partial charge in [0, 0.05) is 17.9 Å². The minimum atomic E-state index is -3.26.